The molecule has 0 radical (unpaired) electrons. The maximum absolute atomic E-state index is 13.3. The Morgan fingerprint density at radius 1 is 1.24 bits per heavy atom. The summed E-state index contributed by atoms with van der Waals surface area (Å²) < 4.78 is 15.2. The van der Waals surface area contributed by atoms with Gasteiger partial charge in [0.1, 0.15) is 11.6 Å². The zero-order valence-electron chi connectivity index (χ0n) is 11.1. The van der Waals surface area contributed by atoms with Crippen molar-refractivity contribution in [3.05, 3.63) is 64.7 Å². The maximum atomic E-state index is 13.3. The smallest absolute Gasteiger partial charge is 0.125 e. The quantitative estimate of drug-likeness (QED) is 0.735. The summed E-state index contributed by atoms with van der Waals surface area (Å²) in [5.74, 6) is 0.270. The average molecular weight is 300 g/mol. The van der Waals surface area contributed by atoms with E-state index in [-0.39, 0.29) is 12.2 Å². The highest BCUT2D eigenvalue weighted by Crippen LogP contribution is 2.22. The molecule has 0 aliphatic heterocycles. The molecule has 21 heavy (non-hydrogen) atoms. The zero-order chi connectivity index (χ0) is 14.8. The normalized spacial score (nSPS) is 10.7. The predicted molar refractivity (Wildman–Crippen MR) is 79.6 cm³/mol. The molecule has 0 saturated carbocycles. The molecular weight excluding hydrogens is 289 g/mol. The molecule has 1 heterocycles. The van der Waals surface area contributed by atoms with Crippen molar-refractivity contribution in [3.8, 4) is 6.07 Å². The average Bonchev–Trinajstić information content (AvgIpc) is 2.79. The van der Waals surface area contributed by atoms with Gasteiger partial charge in [-0.05, 0) is 23.8 Å². The lowest BCUT2D eigenvalue weighted by Gasteiger charge is -2.09. The summed E-state index contributed by atoms with van der Waals surface area (Å²) in [7, 11) is 0. The third kappa shape index (κ3) is 2.61. The molecule has 0 aliphatic carbocycles. The number of nitrogens with zero attached hydrogens (tertiary/aromatic N) is 3. The first-order valence-electron chi connectivity index (χ1n) is 6.44. The van der Waals surface area contributed by atoms with Crippen LogP contribution in [0.4, 0.5) is 4.39 Å². The Labute approximate surface area is 126 Å². The van der Waals surface area contributed by atoms with Gasteiger partial charge in [-0.15, -0.1) is 0 Å². The summed E-state index contributed by atoms with van der Waals surface area (Å²) in [6.45, 7) is 0.499. The molecule has 104 valence electrons. The molecule has 3 rings (SSSR count). The highest BCUT2D eigenvalue weighted by molar-refractivity contribution is 6.31. The second kappa shape index (κ2) is 5.55. The zero-order valence-corrected chi connectivity index (χ0v) is 11.8. The van der Waals surface area contributed by atoms with E-state index in [1.165, 1.54) is 12.1 Å². The van der Waals surface area contributed by atoms with E-state index >= 15 is 0 Å². The summed E-state index contributed by atoms with van der Waals surface area (Å²) in [5, 5.41) is 9.60. The van der Waals surface area contributed by atoms with Gasteiger partial charge in [0.05, 0.1) is 30.1 Å². The number of benzene rings is 2. The second-order valence-electron chi connectivity index (χ2n) is 4.67. The van der Waals surface area contributed by atoms with E-state index in [1.807, 2.05) is 28.8 Å². The number of fused-ring (bicyclic) bond motifs is 1. The van der Waals surface area contributed by atoms with Gasteiger partial charge in [0.15, 0.2) is 0 Å². The first-order chi connectivity index (χ1) is 10.2. The van der Waals surface area contributed by atoms with Crippen molar-refractivity contribution >= 4 is 22.6 Å². The van der Waals surface area contributed by atoms with E-state index < -0.39 is 0 Å². The molecule has 0 N–H and O–H groups in total. The van der Waals surface area contributed by atoms with Crippen LogP contribution in [0.5, 0.6) is 0 Å². The SMILES string of the molecule is N#CCc1nc2cc(F)ccc2n1Cc1ccccc1Cl. The lowest BCUT2D eigenvalue weighted by Crippen LogP contribution is -2.05. The molecule has 0 saturated heterocycles. The highest BCUT2D eigenvalue weighted by Gasteiger charge is 2.12. The van der Waals surface area contributed by atoms with Crippen LogP contribution in [0.15, 0.2) is 42.5 Å². The predicted octanol–water partition coefficient (Wildman–Crippen LogP) is 3.94. The fourth-order valence-corrected chi connectivity index (χ4v) is 2.53. The fourth-order valence-electron chi connectivity index (χ4n) is 2.33. The largest absolute Gasteiger partial charge is 0.323 e. The van der Waals surface area contributed by atoms with Gasteiger partial charge < -0.3 is 4.57 Å². The Balaban J connectivity index is 2.14. The van der Waals surface area contributed by atoms with Crippen molar-refractivity contribution in [1.82, 2.24) is 9.55 Å². The Morgan fingerprint density at radius 3 is 2.81 bits per heavy atom. The summed E-state index contributed by atoms with van der Waals surface area (Å²) in [4.78, 5) is 4.35. The highest BCUT2D eigenvalue weighted by atomic mass is 35.5. The molecular formula is C16H11ClFN3. The Bertz CT molecular complexity index is 848. The maximum Gasteiger partial charge on any atom is 0.125 e. The van der Waals surface area contributed by atoms with E-state index in [0.29, 0.717) is 22.9 Å². The third-order valence-corrected chi connectivity index (χ3v) is 3.68. The van der Waals surface area contributed by atoms with Crippen molar-refractivity contribution in [2.24, 2.45) is 0 Å². The van der Waals surface area contributed by atoms with E-state index in [2.05, 4.69) is 11.1 Å². The van der Waals surface area contributed by atoms with Gasteiger partial charge in [-0.1, -0.05) is 29.8 Å². The van der Waals surface area contributed by atoms with Crippen LogP contribution < -0.4 is 0 Å². The van der Waals surface area contributed by atoms with Crippen LogP contribution in [-0.2, 0) is 13.0 Å². The molecule has 0 fully saturated rings. The van der Waals surface area contributed by atoms with E-state index in [9.17, 15) is 4.39 Å². The third-order valence-electron chi connectivity index (χ3n) is 3.31. The number of nitriles is 1. The van der Waals surface area contributed by atoms with E-state index in [1.54, 1.807) is 6.07 Å². The van der Waals surface area contributed by atoms with Crippen LogP contribution in [0.3, 0.4) is 0 Å². The first kappa shape index (κ1) is 13.6. The number of rotatable bonds is 3. The van der Waals surface area contributed by atoms with Crippen LogP contribution in [0.25, 0.3) is 11.0 Å². The number of imidazole rings is 1. The molecule has 0 amide bonds. The van der Waals surface area contributed by atoms with Gasteiger partial charge in [-0.2, -0.15) is 5.26 Å². The minimum Gasteiger partial charge on any atom is -0.323 e. The van der Waals surface area contributed by atoms with Crippen molar-refractivity contribution in [2.75, 3.05) is 0 Å². The van der Waals surface area contributed by atoms with Gasteiger partial charge in [0.2, 0.25) is 0 Å². The van der Waals surface area contributed by atoms with Gasteiger partial charge in [0.25, 0.3) is 0 Å². The summed E-state index contributed by atoms with van der Waals surface area (Å²) in [6, 6.07) is 14.0. The van der Waals surface area contributed by atoms with Crippen molar-refractivity contribution < 1.29 is 4.39 Å². The Morgan fingerprint density at radius 2 is 2.05 bits per heavy atom. The first-order valence-corrected chi connectivity index (χ1v) is 6.82. The monoisotopic (exact) mass is 299 g/mol. The molecule has 1 aromatic heterocycles. The standard InChI is InChI=1S/C16H11ClFN3/c17-13-4-2-1-3-11(13)10-21-15-6-5-12(18)9-14(15)20-16(21)7-8-19/h1-6,9H,7,10H2. The summed E-state index contributed by atoms with van der Waals surface area (Å²) in [5.41, 5.74) is 2.27. The molecule has 0 atom stereocenters. The van der Waals surface area contributed by atoms with Crippen LogP contribution in [0.2, 0.25) is 5.02 Å². The molecule has 0 bridgehead atoms. The van der Waals surface area contributed by atoms with Crippen molar-refractivity contribution in [2.45, 2.75) is 13.0 Å². The van der Waals surface area contributed by atoms with Crippen LogP contribution in [0.1, 0.15) is 11.4 Å². The van der Waals surface area contributed by atoms with Gasteiger partial charge in [-0.25, -0.2) is 9.37 Å². The number of hydrogen-bond donors (Lipinski definition) is 0. The number of hydrogen-bond acceptors (Lipinski definition) is 2. The van der Waals surface area contributed by atoms with E-state index in [4.69, 9.17) is 16.9 Å². The van der Waals surface area contributed by atoms with Gasteiger partial charge in [0, 0.05) is 11.1 Å². The summed E-state index contributed by atoms with van der Waals surface area (Å²) >= 11 is 6.19. The molecule has 0 aliphatic rings. The van der Waals surface area contributed by atoms with Gasteiger partial charge >= 0.3 is 0 Å². The molecule has 3 nitrogen and oxygen atoms in total. The topological polar surface area (TPSA) is 41.6 Å². The number of halogens is 2. The fraction of sp³-hybridized carbons (Fsp3) is 0.125. The second-order valence-corrected chi connectivity index (χ2v) is 5.08. The summed E-state index contributed by atoms with van der Waals surface area (Å²) in [6.07, 6.45) is 0.167. The van der Waals surface area contributed by atoms with Gasteiger partial charge in [-0.3, -0.25) is 0 Å². The molecule has 3 aromatic rings. The molecule has 0 spiro atoms. The van der Waals surface area contributed by atoms with Crippen LogP contribution in [-0.4, -0.2) is 9.55 Å². The van der Waals surface area contributed by atoms with Crippen LogP contribution in [0, 0.1) is 17.1 Å². The lowest BCUT2D eigenvalue weighted by atomic mass is 10.2. The molecule has 5 heteroatoms. The lowest BCUT2D eigenvalue weighted by molar-refractivity contribution is 0.629. The minimum absolute atomic E-state index is 0.167. The molecule has 0 unspecified atom stereocenters. The number of aromatic nitrogens is 2. The molecule has 2 aromatic carbocycles. The van der Waals surface area contributed by atoms with Crippen molar-refractivity contribution in [1.29, 1.82) is 5.26 Å². The van der Waals surface area contributed by atoms with E-state index in [0.717, 1.165) is 11.1 Å². The minimum atomic E-state index is -0.339. The van der Waals surface area contributed by atoms with Crippen molar-refractivity contribution in [3.63, 3.8) is 0 Å². The Hall–Kier alpha value is -2.38. The van der Waals surface area contributed by atoms with Crippen LogP contribution >= 0.6 is 11.6 Å². The Kier molecular flexibility index (Phi) is 3.59.